The Bertz CT molecular complexity index is 299. The van der Waals surface area contributed by atoms with Crippen LogP contribution in [0.2, 0.25) is 0 Å². The molecule has 1 heterocycles. The summed E-state index contributed by atoms with van der Waals surface area (Å²) in [5, 5.41) is 13.6. The Morgan fingerprint density at radius 2 is 2.54 bits per heavy atom. The average molecular weight is 198 g/mol. The lowest BCUT2D eigenvalue weighted by atomic mass is 9.89. The molecule has 1 aliphatic rings. The maximum absolute atomic E-state index is 11.4. The molecule has 0 unspecified atom stereocenters. The van der Waals surface area contributed by atoms with Gasteiger partial charge in [-0.05, 0) is 12.8 Å². The number of rotatable bonds is 2. The molecule has 13 heavy (non-hydrogen) atoms. The summed E-state index contributed by atoms with van der Waals surface area (Å²) in [6.45, 7) is 0. The van der Waals surface area contributed by atoms with Crippen LogP contribution in [0.15, 0.2) is 10.9 Å². The van der Waals surface area contributed by atoms with E-state index in [9.17, 15) is 9.90 Å². The van der Waals surface area contributed by atoms with E-state index in [0.29, 0.717) is 5.69 Å². The molecular weight excluding hydrogens is 188 g/mol. The van der Waals surface area contributed by atoms with Gasteiger partial charge >= 0.3 is 0 Å². The highest BCUT2D eigenvalue weighted by atomic mass is 32.1. The van der Waals surface area contributed by atoms with Crippen molar-refractivity contribution < 1.29 is 9.90 Å². The van der Waals surface area contributed by atoms with E-state index in [4.69, 9.17) is 0 Å². The summed E-state index contributed by atoms with van der Waals surface area (Å²) in [6, 6.07) is -0.0748. The topological polar surface area (TPSA) is 62.2 Å². The number of hydrogen-bond acceptors (Lipinski definition) is 4. The standard InChI is InChI=1S/C8H10N2O2S/c11-7-2-1-5(7)10-8(12)6-3-13-4-9-6/h3-5,7,11H,1-2H2,(H,10,12)/t5-,7-/m1/s1. The molecule has 0 saturated heterocycles. The van der Waals surface area contributed by atoms with E-state index in [2.05, 4.69) is 10.3 Å². The summed E-state index contributed by atoms with van der Waals surface area (Å²) >= 11 is 1.39. The smallest absolute Gasteiger partial charge is 0.271 e. The fourth-order valence-electron chi connectivity index (χ4n) is 1.22. The Kier molecular flexibility index (Phi) is 2.28. The van der Waals surface area contributed by atoms with E-state index in [1.54, 1.807) is 10.9 Å². The number of nitrogens with zero attached hydrogens (tertiary/aromatic N) is 1. The third-order valence-corrected chi connectivity index (χ3v) is 2.81. The third kappa shape index (κ3) is 1.71. The Balaban J connectivity index is 1.92. The van der Waals surface area contributed by atoms with Gasteiger partial charge in [0, 0.05) is 5.38 Å². The molecule has 0 bridgehead atoms. The van der Waals surface area contributed by atoms with E-state index in [1.165, 1.54) is 11.3 Å². The summed E-state index contributed by atoms with van der Waals surface area (Å²) in [6.07, 6.45) is 1.27. The highest BCUT2D eigenvalue weighted by Gasteiger charge is 2.30. The molecule has 2 atom stereocenters. The number of aliphatic hydroxyl groups is 1. The molecular formula is C8H10N2O2S. The molecule has 0 radical (unpaired) electrons. The van der Waals surface area contributed by atoms with Crippen molar-refractivity contribution in [2.24, 2.45) is 0 Å². The molecule has 70 valence electrons. The van der Waals surface area contributed by atoms with Crippen molar-refractivity contribution in [1.29, 1.82) is 0 Å². The second-order valence-corrected chi connectivity index (χ2v) is 3.82. The van der Waals surface area contributed by atoms with Crippen LogP contribution < -0.4 is 5.32 Å². The summed E-state index contributed by atoms with van der Waals surface area (Å²) in [4.78, 5) is 15.3. The zero-order chi connectivity index (χ0) is 9.26. The van der Waals surface area contributed by atoms with Gasteiger partial charge in [0.05, 0.1) is 17.7 Å². The van der Waals surface area contributed by atoms with E-state index in [-0.39, 0.29) is 18.1 Å². The number of nitrogens with one attached hydrogen (secondary N) is 1. The summed E-state index contributed by atoms with van der Waals surface area (Å²) in [7, 11) is 0. The average Bonchev–Trinajstić information content (AvgIpc) is 2.64. The molecule has 1 aliphatic carbocycles. The normalized spacial score (nSPS) is 26.5. The van der Waals surface area contributed by atoms with Crippen LogP contribution in [0.3, 0.4) is 0 Å². The van der Waals surface area contributed by atoms with Crippen LogP contribution in [0.4, 0.5) is 0 Å². The maximum atomic E-state index is 11.4. The minimum atomic E-state index is -0.373. The Morgan fingerprint density at radius 3 is 3.00 bits per heavy atom. The van der Waals surface area contributed by atoms with Gasteiger partial charge in [0.1, 0.15) is 5.69 Å². The molecule has 0 spiro atoms. The van der Waals surface area contributed by atoms with Crippen LogP contribution in [-0.4, -0.2) is 28.1 Å². The zero-order valence-electron chi connectivity index (χ0n) is 6.93. The van der Waals surface area contributed by atoms with Crippen LogP contribution in [0.5, 0.6) is 0 Å². The first-order valence-corrected chi connectivity index (χ1v) is 5.09. The molecule has 1 aromatic heterocycles. The highest BCUT2D eigenvalue weighted by molar-refractivity contribution is 7.07. The minimum absolute atomic E-state index is 0.0748. The number of carbonyl (C=O) groups excluding carboxylic acids is 1. The SMILES string of the molecule is O=C(N[C@@H]1CC[C@H]1O)c1cscn1. The summed E-state index contributed by atoms with van der Waals surface area (Å²) < 4.78 is 0. The lowest BCUT2D eigenvalue weighted by Crippen LogP contribution is -2.50. The Labute approximate surface area is 79.6 Å². The van der Waals surface area contributed by atoms with Gasteiger partial charge in [-0.15, -0.1) is 11.3 Å². The molecule has 1 amide bonds. The van der Waals surface area contributed by atoms with Gasteiger partial charge in [0.15, 0.2) is 0 Å². The van der Waals surface area contributed by atoms with Crippen LogP contribution in [-0.2, 0) is 0 Å². The quantitative estimate of drug-likeness (QED) is 0.723. The van der Waals surface area contributed by atoms with Gasteiger partial charge in [0.25, 0.3) is 5.91 Å². The zero-order valence-corrected chi connectivity index (χ0v) is 7.75. The second-order valence-electron chi connectivity index (χ2n) is 3.10. The number of thiazole rings is 1. The molecule has 5 heteroatoms. The summed E-state index contributed by atoms with van der Waals surface area (Å²) in [5.74, 6) is -0.190. The first kappa shape index (κ1) is 8.65. The Hall–Kier alpha value is -0.940. The second kappa shape index (κ2) is 3.43. The van der Waals surface area contributed by atoms with Crippen molar-refractivity contribution in [1.82, 2.24) is 10.3 Å². The van der Waals surface area contributed by atoms with Gasteiger partial charge in [0.2, 0.25) is 0 Å². The fraction of sp³-hybridized carbons (Fsp3) is 0.500. The predicted octanol–water partition coefficient (Wildman–Crippen LogP) is 0.396. The van der Waals surface area contributed by atoms with E-state index < -0.39 is 0 Å². The highest BCUT2D eigenvalue weighted by Crippen LogP contribution is 2.19. The Morgan fingerprint density at radius 1 is 1.69 bits per heavy atom. The fourth-order valence-corrected chi connectivity index (χ4v) is 1.75. The van der Waals surface area contributed by atoms with Crippen molar-refractivity contribution in [3.63, 3.8) is 0 Å². The summed E-state index contributed by atoms with van der Waals surface area (Å²) in [5.41, 5.74) is 2.05. The van der Waals surface area contributed by atoms with Gasteiger partial charge in [-0.25, -0.2) is 4.98 Å². The largest absolute Gasteiger partial charge is 0.391 e. The molecule has 2 rings (SSSR count). The number of amides is 1. The number of carbonyl (C=O) groups is 1. The van der Waals surface area contributed by atoms with Crippen molar-refractivity contribution in [3.8, 4) is 0 Å². The molecule has 1 saturated carbocycles. The van der Waals surface area contributed by atoms with Gasteiger partial charge in [-0.3, -0.25) is 4.79 Å². The first-order chi connectivity index (χ1) is 6.27. The van der Waals surface area contributed by atoms with Crippen LogP contribution in [0.1, 0.15) is 23.3 Å². The molecule has 1 fully saturated rings. The van der Waals surface area contributed by atoms with Crippen molar-refractivity contribution >= 4 is 17.2 Å². The maximum Gasteiger partial charge on any atom is 0.271 e. The first-order valence-electron chi connectivity index (χ1n) is 4.14. The number of aromatic nitrogens is 1. The molecule has 1 aromatic rings. The predicted molar refractivity (Wildman–Crippen MR) is 48.6 cm³/mol. The van der Waals surface area contributed by atoms with Crippen molar-refractivity contribution in [2.45, 2.75) is 25.0 Å². The van der Waals surface area contributed by atoms with E-state index in [0.717, 1.165) is 12.8 Å². The van der Waals surface area contributed by atoms with Crippen molar-refractivity contribution in [2.75, 3.05) is 0 Å². The number of hydrogen-bond donors (Lipinski definition) is 2. The number of aliphatic hydroxyl groups excluding tert-OH is 1. The van der Waals surface area contributed by atoms with Gasteiger partial charge in [-0.1, -0.05) is 0 Å². The molecule has 4 nitrogen and oxygen atoms in total. The van der Waals surface area contributed by atoms with Crippen LogP contribution in [0, 0.1) is 0 Å². The van der Waals surface area contributed by atoms with Crippen LogP contribution in [0.25, 0.3) is 0 Å². The van der Waals surface area contributed by atoms with Gasteiger partial charge in [-0.2, -0.15) is 0 Å². The monoisotopic (exact) mass is 198 g/mol. The lowest BCUT2D eigenvalue weighted by molar-refractivity contribution is 0.0446. The molecule has 2 N–H and O–H groups in total. The van der Waals surface area contributed by atoms with Crippen molar-refractivity contribution in [3.05, 3.63) is 16.6 Å². The van der Waals surface area contributed by atoms with E-state index in [1.807, 2.05) is 0 Å². The van der Waals surface area contributed by atoms with Gasteiger partial charge < -0.3 is 10.4 Å². The van der Waals surface area contributed by atoms with Crippen LogP contribution >= 0.6 is 11.3 Å². The molecule has 0 aliphatic heterocycles. The van der Waals surface area contributed by atoms with E-state index >= 15 is 0 Å². The third-order valence-electron chi connectivity index (χ3n) is 2.22. The molecule has 0 aromatic carbocycles. The lowest BCUT2D eigenvalue weighted by Gasteiger charge is -2.32. The minimum Gasteiger partial charge on any atom is -0.391 e.